The Labute approximate surface area is 133 Å². The lowest BCUT2D eigenvalue weighted by molar-refractivity contribution is -0.0504. The van der Waals surface area contributed by atoms with Crippen LogP contribution in [0.2, 0.25) is 0 Å². The molecule has 1 aromatic carbocycles. The number of guanidine groups is 1. The smallest absolute Gasteiger partial charge is 0.387 e. The molecule has 0 unspecified atom stereocenters. The molecule has 6 nitrogen and oxygen atoms in total. The summed E-state index contributed by atoms with van der Waals surface area (Å²) in [6, 6.07) is 6.64. The van der Waals surface area contributed by atoms with Gasteiger partial charge in [-0.25, -0.2) is 0 Å². The molecule has 1 aromatic heterocycles. The summed E-state index contributed by atoms with van der Waals surface area (Å²) in [6.07, 6.45) is 3.65. The SMILES string of the molecule is CN=C(NCc1cnn(C)c1)NCc1ccccc1OC(F)F. The average molecular weight is 323 g/mol. The van der Waals surface area contributed by atoms with E-state index in [1.54, 1.807) is 36.1 Å². The molecule has 2 aromatic rings. The van der Waals surface area contributed by atoms with Crippen molar-refractivity contribution in [2.24, 2.45) is 12.0 Å². The van der Waals surface area contributed by atoms with Crippen molar-refractivity contribution in [2.45, 2.75) is 19.7 Å². The van der Waals surface area contributed by atoms with Gasteiger partial charge in [0.2, 0.25) is 0 Å². The molecule has 1 heterocycles. The molecule has 0 amide bonds. The topological polar surface area (TPSA) is 63.5 Å². The fourth-order valence-electron chi connectivity index (χ4n) is 2.01. The monoisotopic (exact) mass is 323 g/mol. The molecule has 23 heavy (non-hydrogen) atoms. The second-order valence-corrected chi connectivity index (χ2v) is 4.79. The van der Waals surface area contributed by atoms with Gasteiger partial charge in [-0.05, 0) is 6.07 Å². The van der Waals surface area contributed by atoms with Gasteiger partial charge in [0.05, 0.1) is 6.20 Å². The molecular weight excluding hydrogens is 304 g/mol. The number of aromatic nitrogens is 2. The van der Waals surface area contributed by atoms with Crippen LogP contribution in [-0.2, 0) is 20.1 Å². The zero-order chi connectivity index (χ0) is 16.7. The van der Waals surface area contributed by atoms with Crippen LogP contribution in [0.4, 0.5) is 8.78 Å². The number of nitrogens with zero attached hydrogens (tertiary/aromatic N) is 3. The minimum Gasteiger partial charge on any atom is -0.434 e. The molecule has 0 aliphatic heterocycles. The zero-order valence-corrected chi connectivity index (χ0v) is 13.0. The molecule has 0 fully saturated rings. The molecule has 0 spiro atoms. The number of benzene rings is 1. The number of hydrogen-bond acceptors (Lipinski definition) is 3. The number of ether oxygens (including phenoxy) is 1. The van der Waals surface area contributed by atoms with Crippen LogP contribution in [0, 0.1) is 0 Å². The third-order valence-electron chi connectivity index (χ3n) is 3.08. The van der Waals surface area contributed by atoms with Crippen molar-refractivity contribution in [3.05, 3.63) is 47.8 Å². The van der Waals surface area contributed by atoms with Crippen LogP contribution in [0.5, 0.6) is 5.75 Å². The first-order valence-corrected chi connectivity index (χ1v) is 7.03. The molecule has 0 saturated heterocycles. The van der Waals surface area contributed by atoms with Gasteiger partial charge in [0.25, 0.3) is 0 Å². The summed E-state index contributed by atoms with van der Waals surface area (Å²) in [5.41, 5.74) is 1.63. The lowest BCUT2D eigenvalue weighted by atomic mass is 10.2. The molecule has 8 heteroatoms. The van der Waals surface area contributed by atoms with Crippen molar-refractivity contribution in [3.8, 4) is 5.75 Å². The number of hydrogen-bond donors (Lipinski definition) is 2. The van der Waals surface area contributed by atoms with Crippen LogP contribution in [0.15, 0.2) is 41.7 Å². The van der Waals surface area contributed by atoms with Gasteiger partial charge in [0, 0.05) is 44.5 Å². The lowest BCUT2D eigenvalue weighted by Gasteiger charge is -2.14. The van der Waals surface area contributed by atoms with Gasteiger partial charge in [0.15, 0.2) is 5.96 Å². The molecule has 2 N–H and O–H groups in total. The minimum atomic E-state index is -2.85. The summed E-state index contributed by atoms with van der Waals surface area (Å²) in [5.74, 6) is 0.707. The van der Waals surface area contributed by atoms with E-state index in [9.17, 15) is 8.78 Å². The van der Waals surface area contributed by atoms with E-state index in [4.69, 9.17) is 0 Å². The maximum absolute atomic E-state index is 12.4. The van der Waals surface area contributed by atoms with Crippen LogP contribution in [-0.4, -0.2) is 29.4 Å². The predicted octanol–water partition coefficient (Wildman–Crippen LogP) is 1.89. The van der Waals surface area contributed by atoms with Crippen molar-refractivity contribution < 1.29 is 13.5 Å². The standard InChI is InChI=1S/C15H19F2N5O/c1-18-15(19-7-11-8-21-22(2)10-11)20-9-12-5-3-4-6-13(12)23-14(16)17/h3-6,8,10,14H,7,9H2,1-2H3,(H2,18,19,20). The normalized spacial score (nSPS) is 11.6. The van der Waals surface area contributed by atoms with Crippen LogP contribution >= 0.6 is 0 Å². The predicted molar refractivity (Wildman–Crippen MR) is 83.3 cm³/mol. The first-order chi connectivity index (χ1) is 11.1. The van der Waals surface area contributed by atoms with Gasteiger partial charge in [-0.15, -0.1) is 0 Å². The largest absolute Gasteiger partial charge is 0.434 e. The maximum Gasteiger partial charge on any atom is 0.387 e. The summed E-state index contributed by atoms with van der Waals surface area (Å²) in [4.78, 5) is 4.09. The number of alkyl halides is 2. The van der Waals surface area contributed by atoms with Crippen LogP contribution in [0.25, 0.3) is 0 Å². The highest BCUT2D eigenvalue weighted by Crippen LogP contribution is 2.19. The van der Waals surface area contributed by atoms with Gasteiger partial charge >= 0.3 is 6.61 Å². The van der Waals surface area contributed by atoms with E-state index in [0.717, 1.165) is 5.56 Å². The molecule has 0 aliphatic carbocycles. The highest BCUT2D eigenvalue weighted by molar-refractivity contribution is 5.79. The Kier molecular flexibility index (Phi) is 5.90. The third kappa shape index (κ3) is 5.24. The number of aliphatic imine (C=N–C) groups is 1. The number of halogens is 2. The molecule has 0 atom stereocenters. The van der Waals surface area contributed by atoms with Gasteiger partial charge < -0.3 is 15.4 Å². The Morgan fingerprint density at radius 2 is 2.04 bits per heavy atom. The second-order valence-electron chi connectivity index (χ2n) is 4.79. The second kappa shape index (κ2) is 8.11. The Balaban J connectivity index is 1.90. The summed E-state index contributed by atoms with van der Waals surface area (Å²) in [5, 5.41) is 10.3. The first kappa shape index (κ1) is 16.7. The van der Waals surface area contributed by atoms with E-state index in [2.05, 4.69) is 25.5 Å². The van der Waals surface area contributed by atoms with E-state index >= 15 is 0 Å². The molecule has 2 rings (SSSR count). The van der Waals surface area contributed by atoms with Gasteiger partial charge in [0.1, 0.15) is 5.75 Å². The highest BCUT2D eigenvalue weighted by atomic mass is 19.3. The Bertz CT molecular complexity index is 657. The van der Waals surface area contributed by atoms with Crippen molar-refractivity contribution in [2.75, 3.05) is 7.05 Å². The molecule has 0 radical (unpaired) electrons. The fourth-order valence-corrected chi connectivity index (χ4v) is 2.01. The van der Waals surface area contributed by atoms with E-state index < -0.39 is 6.61 Å². The first-order valence-electron chi connectivity index (χ1n) is 7.03. The van der Waals surface area contributed by atoms with Gasteiger partial charge in [-0.1, -0.05) is 18.2 Å². The average Bonchev–Trinajstić information content (AvgIpc) is 2.94. The number of aryl methyl sites for hydroxylation is 1. The highest BCUT2D eigenvalue weighted by Gasteiger charge is 2.09. The quantitative estimate of drug-likeness (QED) is 0.629. The summed E-state index contributed by atoms with van der Waals surface area (Å²) >= 11 is 0. The van der Waals surface area contributed by atoms with Crippen LogP contribution in [0.3, 0.4) is 0 Å². The van der Waals surface area contributed by atoms with Crippen molar-refractivity contribution >= 4 is 5.96 Å². The fraction of sp³-hybridized carbons (Fsp3) is 0.333. The molecule has 0 saturated carbocycles. The number of rotatable bonds is 6. The Morgan fingerprint density at radius 3 is 2.70 bits per heavy atom. The maximum atomic E-state index is 12.4. The summed E-state index contributed by atoms with van der Waals surface area (Å²) in [6.45, 7) is -1.97. The van der Waals surface area contributed by atoms with E-state index in [-0.39, 0.29) is 5.75 Å². The van der Waals surface area contributed by atoms with Crippen molar-refractivity contribution in [3.63, 3.8) is 0 Å². The lowest BCUT2D eigenvalue weighted by Crippen LogP contribution is -2.36. The van der Waals surface area contributed by atoms with Crippen LogP contribution in [0.1, 0.15) is 11.1 Å². The third-order valence-corrected chi connectivity index (χ3v) is 3.08. The Morgan fingerprint density at radius 1 is 1.30 bits per heavy atom. The van der Waals surface area contributed by atoms with E-state index in [1.165, 1.54) is 6.07 Å². The Hall–Kier alpha value is -2.64. The molecule has 0 aliphatic rings. The zero-order valence-electron chi connectivity index (χ0n) is 13.0. The van der Waals surface area contributed by atoms with E-state index in [1.807, 2.05) is 13.2 Å². The molecule has 0 bridgehead atoms. The molecule has 124 valence electrons. The summed E-state index contributed by atoms with van der Waals surface area (Å²) in [7, 11) is 3.48. The summed E-state index contributed by atoms with van der Waals surface area (Å²) < 4.78 is 31.0. The molecular formula is C15H19F2N5O. The minimum absolute atomic E-state index is 0.151. The number of para-hydroxylation sites is 1. The van der Waals surface area contributed by atoms with Gasteiger partial charge in [-0.2, -0.15) is 13.9 Å². The van der Waals surface area contributed by atoms with Gasteiger partial charge in [-0.3, -0.25) is 9.67 Å². The number of nitrogens with one attached hydrogen (secondary N) is 2. The van der Waals surface area contributed by atoms with E-state index in [0.29, 0.717) is 24.6 Å². The van der Waals surface area contributed by atoms with Crippen LogP contribution < -0.4 is 15.4 Å². The van der Waals surface area contributed by atoms with Crippen molar-refractivity contribution in [1.29, 1.82) is 0 Å². The van der Waals surface area contributed by atoms with Crippen molar-refractivity contribution in [1.82, 2.24) is 20.4 Å².